The third-order valence-electron chi connectivity index (χ3n) is 5.54. The first kappa shape index (κ1) is 17.2. The SMILES string of the molecule is CCC[C@H]1CCCN(C(=O)C2CCN(c3ncccn3)CC2)CC1. The largest absolute Gasteiger partial charge is 0.342 e. The number of piperidine rings is 1. The summed E-state index contributed by atoms with van der Waals surface area (Å²) in [6.45, 7) is 5.95. The summed E-state index contributed by atoms with van der Waals surface area (Å²) in [6.07, 6.45) is 11.6. The van der Waals surface area contributed by atoms with Gasteiger partial charge in [0.25, 0.3) is 0 Å². The lowest BCUT2D eigenvalue weighted by Crippen LogP contribution is -2.43. The zero-order valence-corrected chi connectivity index (χ0v) is 14.9. The Balaban J connectivity index is 1.50. The van der Waals surface area contributed by atoms with Crippen LogP contribution in [0.3, 0.4) is 0 Å². The maximum absolute atomic E-state index is 12.9. The molecule has 5 heteroatoms. The van der Waals surface area contributed by atoms with Crippen molar-refractivity contribution < 1.29 is 4.79 Å². The van der Waals surface area contributed by atoms with Crippen LogP contribution in [-0.2, 0) is 4.79 Å². The molecular weight excluding hydrogens is 300 g/mol. The Morgan fingerprint density at radius 1 is 1.08 bits per heavy atom. The van der Waals surface area contributed by atoms with Crippen LogP contribution in [0.4, 0.5) is 5.95 Å². The molecule has 1 aromatic heterocycles. The van der Waals surface area contributed by atoms with Gasteiger partial charge in [-0.2, -0.15) is 0 Å². The van der Waals surface area contributed by atoms with Gasteiger partial charge in [0.1, 0.15) is 0 Å². The van der Waals surface area contributed by atoms with Crippen molar-refractivity contribution in [3.8, 4) is 0 Å². The molecule has 0 aromatic carbocycles. The van der Waals surface area contributed by atoms with E-state index in [0.29, 0.717) is 5.91 Å². The zero-order valence-electron chi connectivity index (χ0n) is 14.9. The van der Waals surface area contributed by atoms with E-state index >= 15 is 0 Å². The molecule has 3 heterocycles. The van der Waals surface area contributed by atoms with Crippen LogP contribution in [0.15, 0.2) is 18.5 Å². The van der Waals surface area contributed by atoms with E-state index in [9.17, 15) is 4.79 Å². The van der Waals surface area contributed by atoms with Gasteiger partial charge in [0, 0.05) is 44.5 Å². The molecule has 1 atom stereocenters. The standard InChI is InChI=1S/C19H30N4O/c1-2-5-16-6-3-12-22(13-7-16)18(24)17-8-14-23(15-9-17)19-20-10-4-11-21-19/h4,10-11,16-17H,2-3,5-9,12-15H2,1H3/t16-/m0/s1. The van der Waals surface area contributed by atoms with E-state index in [1.54, 1.807) is 12.4 Å². The highest BCUT2D eigenvalue weighted by molar-refractivity contribution is 5.79. The Labute approximate surface area is 145 Å². The van der Waals surface area contributed by atoms with Gasteiger partial charge in [0.2, 0.25) is 11.9 Å². The number of likely N-dealkylation sites (tertiary alicyclic amines) is 1. The van der Waals surface area contributed by atoms with E-state index in [1.165, 1.54) is 32.1 Å². The molecule has 1 aromatic rings. The number of amides is 1. The summed E-state index contributed by atoms with van der Waals surface area (Å²) in [7, 11) is 0. The normalized spacial score (nSPS) is 23.1. The molecule has 1 amide bonds. The molecule has 24 heavy (non-hydrogen) atoms. The van der Waals surface area contributed by atoms with Crippen molar-refractivity contribution in [1.82, 2.24) is 14.9 Å². The molecule has 0 radical (unpaired) electrons. The Bertz CT molecular complexity index is 513. The van der Waals surface area contributed by atoms with Crippen LogP contribution in [0.1, 0.15) is 51.9 Å². The van der Waals surface area contributed by atoms with Gasteiger partial charge in [-0.3, -0.25) is 4.79 Å². The third kappa shape index (κ3) is 4.25. The molecule has 0 N–H and O–H groups in total. The highest BCUT2D eigenvalue weighted by Crippen LogP contribution is 2.26. The lowest BCUT2D eigenvalue weighted by Gasteiger charge is -2.34. The lowest BCUT2D eigenvalue weighted by atomic mass is 9.95. The maximum atomic E-state index is 12.9. The molecule has 132 valence electrons. The van der Waals surface area contributed by atoms with Crippen LogP contribution in [-0.4, -0.2) is 47.0 Å². The van der Waals surface area contributed by atoms with Crippen molar-refractivity contribution in [3.05, 3.63) is 18.5 Å². The molecule has 2 aliphatic heterocycles. The number of hydrogen-bond donors (Lipinski definition) is 0. The second-order valence-electron chi connectivity index (χ2n) is 7.22. The summed E-state index contributed by atoms with van der Waals surface area (Å²) in [5.41, 5.74) is 0. The quantitative estimate of drug-likeness (QED) is 0.851. The van der Waals surface area contributed by atoms with E-state index in [1.807, 2.05) is 6.07 Å². The lowest BCUT2D eigenvalue weighted by molar-refractivity contribution is -0.136. The minimum Gasteiger partial charge on any atom is -0.342 e. The minimum absolute atomic E-state index is 0.188. The third-order valence-corrected chi connectivity index (χ3v) is 5.54. The number of anilines is 1. The van der Waals surface area contributed by atoms with Crippen molar-refractivity contribution in [2.75, 3.05) is 31.1 Å². The van der Waals surface area contributed by atoms with E-state index in [0.717, 1.165) is 50.9 Å². The fraction of sp³-hybridized carbons (Fsp3) is 0.737. The first-order valence-electron chi connectivity index (χ1n) is 9.58. The van der Waals surface area contributed by atoms with Gasteiger partial charge < -0.3 is 9.80 Å². The molecule has 2 saturated heterocycles. The van der Waals surface area contributed by atoms with Crippen LogP contribution in [0.2, 0.25) is 0 Å². The van der Waals surface area contributed by atoms with Gasteiger partial charge in [0.15, 0.2) is 0 Å². The fourth-order valence-corrected chi connectivity index (χ4v) is 4.12. The number of aromatic nitrogens is 2. The first-order chi connectivity index (χ1) is 11.8. The van der Waals surface area contributed by atoms with Crippen molar-refractivity contribution >= 4 is 11.9 Å². The highest BCUT2D eigenvalue weighted by atomic mass is 16.2. The predicted octanol–water partition coefficient (Wildman–Crippen LogP) is 3.12. The Hall–Kier alpha value is -1.65. The number of carbonyl (C=O) groups excluding carboxylic acids is 1. The Morgan fingerprint density at radius 3 is 2.54 bits per heavy atom. The van der Waals surface area contributed by atoms with Crippen LogP contribution >= 0.6 is 0 Å². The summed E-state index contributed by atoms with van der Waals surface area (Å²) in [6, 6.07) is 1.84. The molecule has 2 aliphatic rings. The second-order valence-corrected chi connectivity index (χ2v) is 7.22. The molecular formula is C19H30N4O. The number of rotatable bonds is 4. The summed E-state index contributed by atoms with van der Waals surface area (Å²) in [4.78, 5) is 25.9. The summed E-state index contributed by atoms with van der Waals surface area (Å²) in [5.74, 6) is 2.19. The van der Waals surface area contributed by atoms with Gasteiger partial charge >= 0.3 is 0 Å². The van der Waals surface area contributed by atoms with Crippen LogP contribution < -0.4 is 4.90 Å². The average molecular weight is 330 g/mol. The smallest absolute Gasteiger partial charge is 0.225 e. The fourth-order valence-electron chi connectivity index (χ4n) is 4.12. The summed E-state index contributed by atoms with van der Waals surface area (Å²) >= 11 is 0. The molecule has 2 fully saturated rings. The number of carbonyl (C=O) groups is 1. The van der Waals surface area contributed by atoms with E-state index < -0.39 is 0 Å². The second kappa shape index (κ2) is 8.45. The number of hydrogen-bond acceptors (Lipinski definition) is 4. The van der Waals surface area contributed by atoms with Crippen molar-refractivity contribution in [3.63, 3.8) is 0 Å². The Morgan fingerprint density at radius 2 is 1.83 bits per heavy atom. The minimum atomic E-state index is 0.188. The molecule has 0 saturated carbocycles. The van der Waals surface area contributed by atoms with Gasteiger partial charge in [-0.25, -0.2) is 9.97 Å². The van der Waals surface area contributed by atoms with E-state index in [2.05, 4.69) is 26.7 Å². The maximum Gasteiger partial charge on any atom is 0.225 e. The molecule has 0 aliphatic carbocycles. The monoisotopic (exact) mass is 330 g/mol. The topological polar surface area (TPSA) is 49.3 Å². The van der Waals surface area contributed by atoms with Crippen molar-refractivity contribution in [2.24, 2.45) is 11.8 Å². The van der Waals surface area contributed by atoms with Gasteiger partial charge in [-0.1, -0.05) is 19.8 Å². The zero-order chi connectivity index (χ0) is 16.8. The van der Waals surface area contributed by atoms with Gasteiger partial charge in [-0.15, -0.1) is 0 Å². The molecule has 3 rings (SSSR count). The summed E-state index contributed by atoms with van der Waals surface area (Å²) in [5, 5.41) is 0. The molecule has 0 spiro atoms. The number of nitrogens with zero attached hydrogens (tertiary/aromatic N) is 4. The van der Waals surface area contributed by atoms with Gasteiger partial charge in [0.05, 0.1) is 0 Å². The highest BCUT2D eigenvalue weighted by Gasteiger charge is 2.30. The molecule has 5 nitrogen and oxygen atoms in total. The average Bonchev–Trinajstić information content (AvgIpc) is 2.88. The van der Waals surface area contributed by atoms with Gasteiger partial charge in [-0.05, 0) is 44.1 Å². The first-order valence-corrected chi connectivity index (χ1v) is 9.58. The molecule has 0 bridgehead atoms. The molecule has 0 unspecified atom stereocenters. The van der Waals surface area contributed by atoms with Crippen LogP contribution in [0.25, 0.3) is 0 Å². The Kier molecular flexibility index (Phi) is 6.05. The predicted molar refractivity (Wildman–Crippen MR) is 95.8 cm³/mol. The van der Waals surface area contributed by atoms with Crippen molar-refractivity contribution in [2.45, 2.75) is 51.9 Å². The van der Waals surface area contributed by atoms with E-state index in [4.69, 9.17) is 0 Å². The summed E-state index contributed by atoms with van der Waals surface area (Å²) < 4.78 is 0. The van der Waals surface area contributed by atoms with Crippen LogP contribution in [0, 0.1) is 11.8 Å². The van der Waals surface area contributed by atoms with Crippen LogP contribution in [0.5, 0.6) is 0 Å². The van der Waals surface area contributed by atoms with E-state index in [-0.39, 0.29) is 5.92 Å². The van der Waals surface area contributed by atoms with Crippen molar-refractivity contribution in [1.29, 1.82) is 0 Å².